The fourth-order valence-electron chi connectivity index (χ4n) is 0.596. The van der Waals surface area contributed by atoms with Crippen LogP contribution in [0.15, 0.2) is 12.2 Å². The van der Waals surface area contributed by atoms with E-state index in [0.29, 0.717) is 4.83 Å². The average Bonchev–Trinajstić information content (AvgIpc) is 1.86. The SMILES string of the molecule is Br[C@@H]1C=CCC1. The maximum atomic E-state index is 3.45. The van der Waals surface area contributed by atoms with Gasteiger partial charge in [-0.25, -0.2) is 0 Å². The van der Waals surface area contributed by atoms with Crippen LogP contribution >= 0.6 is 15.9 Å². The molecule has 0 aromatic rings. The van der Waals surface area contributed by atoms with Gasteiger partial charge >= 0.3 is 0 Å². The molecule has 0 bridgehead atoms. The maximum Gasteiger partial charge on any atom is 0.0328 e. The van der Waals surface area contributed by atoms with Crippen molar-refractivity contribution in [1.29, 1.82) is 0 Å². The van der Waals surface area contributed by atoms with Gasteiger partial charge in [-0.15, -0.1) is 0 Å². The second-order valence-corrected chi connectivity index (χ2v) is 2.70. The van der Waals surface area contributed by atoms with E-state index in [1.165, 1.54) is 12.8 Å². The van der Waals surface area contributed by atoms with Gasteiger partial charge in [0.2, 0.25) is 0 Å². The first-order valence-corrected chi connectivity index (χ1v) is 3.12. The van der Waals surface area contributed by atoms with Crippen LogP contribution in [-0.4, -0.2) is 4.83 Å². The van der Waals surface area contributed by atoms with Crippen molar-refractivity contribution in [3.63, 3.8) is 0 Å². The molecule has 0 N–H and O–H groups in total. The van der Waals surface area contributed by atoms with E-state index in [-0.39, 0.29) is 0 Å². The highest BCUT2D eigenvalue weighted by Gasteiger charge is 2.00. The third kappa shape index (κ3) is 0.839. The quantitative estimate of drug-likeness (QED) is 0.363. The van der Waals surface area contributed by atoms with Crippen LogP contribution in [0.25, 0.3) is 0 Å². The molecule has 1 aliphatic rings. The molecule has 0 aliphatic heterocycles. The zero-order valence-corrected chi connectivity index (χ0v) is 5.11. The van der Waals surface area contributed by atoms with Gasteiger partial charge in [0.25, 0.3) is 0 Å². The third-order valence-corrected chi connectivity index (χ3v) is 1.72. The van der Waals surface area contributed by atoms with Crippen molar-refractivity contribution < 1.29 is 0 Å². The Labute approximate surface area is 46.4 Å². The molecule has 0 unspecified atom stereocenters. The second-order valence-electron chi connectivity index (χ2n) is 1.52. The Morgan fingerprint density at radius 3 is 2.67 bits per heavy atom. The minimum absolute atomic E-state index is 0.678. The molecule has 0 amide bonds. The van der Waals surface area contributed by atoms with E-state index in [0.717, 1.165) is 0 Å². The van der Waals surface area contributed by atoms with Gasteiger partial charge in [0.05, 0.1) is 0 Å². The minimum atomic E-state index is 0.678. The Kier molecular flexibility index (Phi) is 1.30. The van der Waals surface area contributed by atoms with Gasteiger partial charge in [-0.2, -0.15) is 0 Å². The summed E-state index contributed by atoms with van der Waals surface area (Å²) >= 11 is 3.45. The van der Waals surface area contributed by atoms with Crippen LogP contribution in [0.5, 0.6) is 0 Å². The predicted molar refractivity (Wildman–Crippen MR) is 31.1 cm³/mol. The smallest absolute Gasteiger partial charge is 0.0328 e. The van der Waals surface area contributed by atoms with Gasteiger partial charge in [0.15, 0.2) is 0 Å². The summed E-state index contributed by atoms with van der Waals surface area (Å²) in [6.07, 6.45) is 6.95. The average molecular weight is 147 g/mol. The van der Waals surface area contributed by atoms with Crippen LogP contribution in [0, 0.1) is 0 Å². The van der Waals surface area contributed by atoms with Gasteiger partial charge < -0.3 is 0 Å². The molecule has 0 fully saturated rings. The molecule has 1 atom stereocenters. The lowest BCUT2D eigenvalue weighted by atomic mass is 10.4. The van der Waals surface area contributed by atoms with Crippen molar-refractivity contribution in [3.05, 3.63) is 12.2 Å². The van der Waals surface area contributed by atoms with E-state index in [1.54, 1.807) is 0 Å². The highest BCUT2D eigenvalue weighted by Crippen LogP contribution is 2.16. The minimum Gasteiger partial charge on any atom is -0.0874 e. The molecule has 0 nitrogen and oxygen atoms in total. The molecule has 1 aliphatic carbocycles. The molecule has 0 aromatic heterocycles. The monoisotopic (exact) mass is 146 g/mol. The Hall–Kier alpha value is 0.220. The molecule has 0 spiro atoms. The highest BCUT2D eigenvalue weighted by atomic mass is 79.9. The molecule has 1 heteroatoms. The first-order valence-electron chi connectivity index (χ1n) is 2.20. The lowest BCUT2D eigenvalue weighted by Crippen LogP contribution is -1.80. The van der Waals surface area contributed by atoms with E-state index in [2.05, 4.69) is 28.1 Å². The van der Waals surface area contributed by atoms with Gasteiger partial charge in [0, 0.05) is 4.83 Å². The molecule has 0 saturated carbocycles. The lowest BCUT2D eigenvalue weighted by Gasteiger charge is -1.86. The fraction of sp³-hybridized carbons (Fsp3) is 0.600. The van der Waals surface area contributed by atoms with E-state index in [4.69, 9.17) is 0 Å². The molecule has 34 valence electrons. The van der Waals surface area contributed by atoms with Crippen LogP contribution in [0.3, 0.4) is 0 Å². The number of allylic oxidation sites excluding steroid dienone is 2. The van der Waals surface area contributed by atoms with Crippen molar-refractivity contribution in [2.75, 3.05) is 0 Å². The van der Waals surface area contributed by atoms with Crippen molar-refractivity contribution in [2.24, 2.45) is 0 Å². The molecule has 0 radical (unpaired) electrons. The summed E-state index contributed by atoms with van der Waals surface area (Å²) in [7, 11) is 0. The molecule has 0 aromatic carbocycles. The summed E-state index contributed by atoms with van der Waals surface area (Å²) in [5.74, 6) is 0. The molecule has 0 heterocycles. The molecule has 1 rings (SSSR count). The van der Waals surface area contributed by atoms with Crippen LogP contribution < -0.4 is 0 Å². The normalized spacial score (nSPS) is 31.8. The number of rotatable bonds is 0. The van der Waals surface area contributed by atoms with Crippen LogP contribution in [0.2, 0.25) is 0 Å². The summed E-state index contributed by atoms with van der Waals surface area (Å²) in [6.45, 7) is 0. The number of hydrogen-bond donors (Lipinski definition) is 0. The summed E-state index contributed by atoms with van der Waals surface area (Å²) in [6, 6.07) is 0. The zero-order valence-electron chi connectivity index (χ0n) is 3.52. The summed E-state index contributed by atoms with van der Waals surface area (Å²) in [5.41, 5.74) is 0. The van der Waals surface area contributed by atoms with Crippen molar-refractivity contribution in [1.82, 2.24) is 0 Å². The molecule has 0 saturated heterocycles. The predicted octanol–water partition coefficient (Wildman–Crippen LogP) is 2.10. The first kappa shape index (κ1) is 4.38. The highest BCUT2D eigenvalue weighted by molar-refractivity contribution is 9.09. The fourth-order valence-corrected chi connectivity index (χ4v) is 1.08. The second kappa shape index (κ2) is 1.78. The molecular formula is C5H7Br. The Bertz CT molecular complexity index is 66.3. The van der Waals surface area contributed by atoms with E-state index < -0.39 is 0 Å². The van der Waals surface area contributed by atoms with Gasteiger partial charge in [-0.1, -0.05) is 28.1 Å². The summed E-state index contributed by atoms with van der Waals surface area (Å²) in [5, 5.41) is 0. The number of alkyl halides is 1. The van der Waals surface area contributed by atoms with Gasteiger partial charge in [-0.3, -0.25) is 0 Å². The number of halogens is 1. The zero-order chi connectivity index (χ0) is 4.41. The Morgan fingerprint density at radius 1 is 1.67 bits per heavy atom. The Morgan fingerprint density at radius 2 is 2.50 bits per heavy atom. The van der Waals surface area contributed by atoms with E-state index in [1.807, 2.05) is 0 Å². The van der Waals surface area contributed by atoms with Crippen molar-refractivity contribution in [3.8, 4) is 0 Å². The van der Waals surface area contributed by atoms with Gasteiger partial charge in [0.1, 0.15) is 0 Å². The Balaban J connectivity index is 2.38. The maximum absolute atomic E-state index is 3.45. The topological polar surface area (TPSA) is 0 Å². The van der Waals surface area contributed by atoms with Gasteiger partial charge in [-0.05, 0) is 12.8 Å². The third-order valence-electron chi connectivity index (χ3n) is 0.954. The molecule has 6 heavy (non-hydrogen) atoms. The first-order chi connectivity index (χ1) is 2.89. The van der Waals surface area contributed by atoms with Crippen molar-refractivity contribution >= 4 is 15.9 Å². The van der Waals surface area contributed by atoms with Crippen LogP contribution in [0.1, 0.15) is 12.8 Å². The largest absolute Gasteiger partial charge is 0.0874 e. The van der Waals surface area contributed by atoms with E-state index in [9.17, 15) is 0 Å². The standard InChI is InChI=1S/C5H7Br/c6-5-3-1-2-4-5/h1,3,5H,2,4H2/t5-/m1/s1. The summed E-state index contributed by atoms with van der Waals surface area (Å²) in [4.78, 5) is 0.678. The van der Waals surface area contributed by atoms with E-state index >= 15 is 0 Å². The van der Waals surface area contributed by atoms with Crippen LogP contribution in [-0.2, 0) is 0 Å². The lowest BCUT2D eigenvalue weighted by molar-refractivity contribution is 0.955. The van der Waals surface area contributed by atoms with Crippen molar-refractivity contribution in [2.45, 2.75) is 17.7 Å². The number of hydrogen-bond acceptors (Lipinski definition) is 0. The summed E-state index contributed by atoms with van der Waals surface area (Å²) < 4.78 is 0. The van der Waals surface area contributed by atoms with Crippen LogP contribution in [0.4, 0.5) is 0 Å². The molecular weight excluding hydrogens is 140 g/mol.